The Morgan fingerprint density at radius 3 is 2.70 bits per heavy atom. The van der Waals surface area contributed by atoms with Gasteiger partial charge < -0.3 is 14.0 Å². The van der Waals surface area contributed by atoms with Crippen molar-refractivity contribution in [3.05, 3.63) is 47.2 Å². The molecule has 1 saturated carbocycles. The SMILES string of the molecule is Cc1cc(-c2nnc(SCCCN3CCC4(CC4c4ccc(C(F)(F)F)cc4)C3)n2C)on1. The number of halogens is 3. The first-order valence-electron chi connectivity index (χ1n) is 11.1. The largest absolute Gasteiger partial charge is 0.416 e. The lowest BCUT2D eigenvalue weighted by molar-refractivity contribution is -0.137. The minimum absolute atomic E-state index is 0.251. The van der Waals surface area contributed by atoms with Crippen molar-refractivity contribution in [1.82, 2.24) is 24.8 Å². The van der Waals surface area contributed by atoms with E-state index in [0.29, 0.717) is 17.5 Å². The zero-order chi connectivity index (χ0) is 23.2. The summed E-state index contributed by atoms with van der Waals surface area (Å²) in [7, 11) is 1.92. The van der Waals surface area contributed by atoms with Gasteiger partial charge in [-0.3, -0.25) is 0 Å². The molecule has 33 heavy (non-hydrogen) atoms. The van der Waals surface area contributed by atoms with E-state index >= 15 is 0 Å². The number of hydrogen-bond acceptors (Lipinski definition) is 6. The summed E-state index contributed by atoms with van der Waals surface area (Å²) in [6, 6.07) is 7.60. The number of nitrogens with zero attached hydrogens (tertiary/aromatic N) is 5. The summed E-state index contributed by atoms with van der Waals surface area (Å²) in [5.41, 5.74) is 1.53. The van der Waals surface area contributed by atoms with Crippen molar-refractivity contribution in [2.75, 3.05) is 25.4 Å². The van der Waals surface area contributed by atoms with Gasteiger partial charge in [-0.15, -0.1) is 10.2 Å². The zero-order valence-electron chi connectivity index (χ0n) is 18.6. The molecule has 10 heteroatoms. The number of hydrogen-bond donors (Lipinski definition) is 0. The quantitative estimate of drug-likeness (QED) is 0.346. The number of thioether (sulfide) groups is 1. The van der Waals surface area contributed by atoms with Gasteiger partial charge in [0.25, 0.3) is 0 Å². The third-order valence-electron chi connectivity index (χ3n) is 6.83. The van der Waals surface area contributed by atoms with E-state index in [2.05, 4.69) is 20.3 Å². The Hall–Kier alpha value is -2.33. The molecule has 2 fully saturated rings. The summed E-state index contributed by atoms with van der Waals surface area (Å²) in [5, 5.41) is 13.2. The molecule has 0 N–H and O–H groups in total. The van der Waals surface area contributed by atoms with Crippen molar-refractivity contribution in [2.24, 2.45) is 12.5 Å². The highest BCUT2D eigenvalue weighted by molar-refractivity contribution is 7.99. The van der Waals surface area contributed by atoms with Crippen molar-refractivity contribution in [1.29, 1.82) is 0 Å². The number of aryl methyl sites for hydroxylation is 1. The number of benzene rings is 1. The van der Waals surface area contributed by atoms with Crippen LogP contribution in [-0.4, -0.2) is 50.2 Å². The molecule has 1 spiro atoms. The van der Waals surface area contributed by atoms with Crippen LogP contribution in [0.1, 0.15) is 42.0 Å². The summed E-state index contributed by atoms with van der Waals surface area (Å²) >= 11 is 1.68. The molecule has 0 amide bonds. The van der Waals surface area contributed by atoms with Gasteiger partial charge in [0, 0.05) is 25.4 Å². The Kier molecular flexibility index (Phi) is 5.76. The minimum atomic E-state index is -4.27. The summed E-state index contributed by atoms with van der Waals surface area (Å²) in [6.07, 6.45) is -1.04. The molecule has 1 aliphatic carbocycles. The smallest absolute Gasteiger partial charge is 0.353 e. The van der Waals surface area contributed by atoms with Crippen LogP contribution in [0.25, 0.3) is 11.6 Å². The normalized spacial score (nSPS) is 23.0. The van der Waals surface area contributed by atoms with Gasteiger partial charge in [-0.25, -0.2) is 0 Å². The van der Waals surface area contributed by atoms with E-state index < -0.39 is 11.7 Å². The lowest BCUT2D eigenvalue weighted by Gasteiger charge is -2.16. The molecule has 1 saturated heterocycles. The third-order valence-corrected chi connectivity index (χ3v) is 7.93. The van der Waals surface area contributed by atoms with Gasteiger partial charge in [-0.1, -0.05) is 29.1 Å². The Labute approximate surface area is 194 Å². The van der Waals surface area contributed by atoms with Crippen LogP contribution in [-0.2, 0) is 13.2 Å². The van der Waals surface area contributed by atoms with Gasteiger partial charge in [-0.05, 0) is 68.3 Å². The zero-order valence-corrected chi connectivity index (χ0v) is 19.4. The van der Waals surface area contributed by atoms with Gasteiger partial charge in [0.05, 0.1) is 11.3 Å². The lowest BCUT2D eigenvalue weighted by Crippen LogP contribution is -2.23. The van der Waals surface area contributed by atoms with Crippen LogP contribution in [0.4, 0.5) is 13.2 Å². The van der Waals surface area contributed by atoms with Gasteiger partial charge in [0.15, 0.2) is 5.16 Å². The minimum Gasteiger partial charge on any atom is -0.353 e. The molecule has 6 nitrogen and oxygen atoms in total. The Bertz CT molecular complexity index is 1130. The number of likely N-dealkylation sites (tertiary alicyclic amines) is 1. The molecule has 1 aromatic carbocycles. The van der Waals surface area contributed by atoms with Gasteiger partial charge >= 0.3 is 6.18 Å². The Balaban J connectivity index is 1.09. The second-order valence-corrected chi connectivity index (χ2v) is 10.2. The summed E-state index contributed by atoms with van der Waals surface area (Å²) < 4.78 is 45.7. The first-order chi connectivity index (χ1) is 15.7. The van der Waals surface area contributed by atoms with Crippen molar-refractivity contribution in [3.8, 4) is 11.6 Å². The highest BCUT2D eigenvalue weighted by atomic mass is 32.2. The van der Waals surface area contributed by atoms with E-state index in [1.54, 1.807) is 23.9 Å². The lowest BCUT2D eigenvalue weighted by atomic mass is 9.97. The van der Waals surface area contributed by atoms with Crippen LogP contribution in [0.2, 0.25) is 0 Å². The molecule has 1 aliphatic heterocycles. The molecule has 5 rings (SSSR count). The predicted octanol–water partition coefficient (Wildman–Crippen LogP) is 5.16. The molecule has 0 bridgehead atoms. The molecule has 2 atom stereocenters. The molecule has 2 aliphatic rings. The van der Waals surface area contributed by atoms with E-state index in [1.165, 1.54) is 12.1 Å². The van der Waals surface area contributed by atoms with Crippen molar-refractivity contribution in [3.63, 3.8) is 0 Å². The second-order valence-electron chi connectivity index (χ2n) is 9.16. The van der Waals surface area contributed by atoms with E-state index in [4.69, 9.17) is 4.52 Å². The van der Waals surface area contributed by atoms with Crippen molar-refractivity contribution < 1.29 is 17.7 Å². The van der Waals surface area contributed by atoms with E-state index in [9.17, 15) is 13.2 Å². The van der Waals surface area contributed by atoms with Crippen LogP contribution in [0.15, 0.2) is 40.0 Å². The second kappa shape index (κ2) is 8.47. The maximum absolute atomic E-state index is 12.8. The molecule has 3 aromatic rings. The number of aromatic nitrogens is 4. The molecular formula is C23H26F3N5OS. The fourth-order valence-corrected chi connectivity index (χ4v) is 5.76. The van der Waals surface area contributed by atoms with Crippen molar-refractivity contribution >= 4 is 11.8 Å². The Morgan fingerprint density at radius 1 is 1.21 bits per heavy atom. The van der Waals surface area contributed by atoms with Crippen molar-refractivity contribution in [2.45, 2.75) is 43.4 Å². The number of alkyl halides is 3. The van der Waals surface area contributed by atoms with Crippen LogP contribution in [0.3, 0.4) is 0 Å². The molecule has 176 valence electrons. The fraction of sp³-hybridized carbons (Fsp3) is 0.522. The van der Waals surface area contributed by atoms with E-state index in [1.807, 2.05) is 24.6 Å². The fourth-order valence-electron chi connectivity index (χ4n) is 4.93. The monoisotopic (exact) mass is 477 g/mol. The van der Waals surface area contributed by atoms with Crippen LogP contribution in [0.5, 0.6) is 0 Å². The topological polar surface area (TPSA) is 60.0 Å². The maximum atomic E-state index is 12.8. The summed E-state index contributed by atoms with van der Waals surface area (Å²) in [4.78, 5) is 2.49. The van der Waals surface area contributed by atoms with Gasteiger partial charge in [0.1, 0.15) is 0 Å². The van der Waals surface area contributed by atoms with Gasteiger partial charge in [-0.2, -0.15) is 13.2 Å². The molecule has 2 aromatic heterocycles. The molecule has 3 heterocycles. The standard InChI is InChI=1S/C23H26F3N5OS/c1-15-12-19(32-29-15)20-27-28-21(30(20)2)33-11-3-9-31-10-8-22(14-31)13-18(22)16-4-6-17(7-5-16)23(24,25)26/h4-7,12,18H,3,8-11,13-14H2,1-2H3. The highest BCUT2D eigenvalue weighted by Gasteiger charge is 2.57. The molecular weight excluding hydrogens is 451 g/mol. The van der Waals surface area contributed by atoms with Crippen LogP contribution in [0, 0.1) is 12.3 Å². The first-order valence-corrected chi connectivity index (χ1v) is 12.1. The predicted molar refractivity (Wildman–Crippen MR) is 119 cm³/mol. The maximum Gasteiger partial charge on any atom is 0.416 e. The average molecular weight is 478 g/mol. The van der Waals surface area contributed by atoms with Crippen LogP contribution < -0.4 is 0 Å². The first kappa shape index (κ1) is 22.5. The summed E-state index contributed by atoms with van der Waals surface area (Å²) in [6.45, 7) is 4.97. The van der Waals surface area contributed by atoms with E-state index in [0.717, 1.165) is 61.1 Å². The van der Waals surface area contributed by atoms with Gasteiger partial charge in [0.2, 0.25) is 11.6 Å². The average Bonchev–Trinajstić information content (AvgIpc) is 3.06. The highest BCUT2D eigenvalue weighted by Crippen LogP contribution is 2.64. The Morgan fingerprint density at radius 2 is 2.00 bits per heavy atom. The molecule has 0 radical (unpaired) electrons. The number of rotatable bonds is 7. The third kappa shape index (κ3) is 4.55. The molecule has 2 unspecified atom stereocenters. The van der Waals surface area contributed by atoms with Crippen LogP contribution >= 0.6 is 11.8 Å². The van der Waals surface area contributed by atoms with E-state index in [-0.39, 0.29) is 5.41 Å². The summed E-state index contributed by atoms with van der Waals surface area (Å²) in [5.74, 6) is 2.61.